The largest absolute Gasteiger partial charge is 0.347 e. The van der Waals surface area contributed by atoms with Crippen LogP contribution >= 0.6 is 0 Å². The normalized spacial score (nSPS) is 10.4. The van der Waals surface area contributed by atoms with Crippen LogP contribution in [0, 0.1) is 18.6 Å². The van der Waals surface area contributed by atoms with Crippen LogP contribution in [0.5, 0.6) is 0 Å². The summed E-state index contributed by atoms with van der Waals surface area (Å²) in [4.78, 5) is 28.7. The van der Waals surface area contributed by atoms with Crippen molar-refractivity contribution in [3.05, 3.63) is 94.8 Å². The lowest BCUT2D eigenvalue weighted by atomic mass is 10.1. The predicted molar refractivity (Wildman–Crippen MR) is 101 cm³/mol. The van der Waals surface area contributed by atoms with Crippen LogP contribution in [0.25, 0.3) is 0 Å². The lowest BCUT2D eigenvalue weighted by Crippen LogP contribution is -2.24. The number of hydrogen-bond acceptors (Lipinski definition) is 3. The molecule has 0 saturated carbocycles. The third-order valence-electron chi connectivity index (χ3n) is 4.13. The van der Waals surface area contributed by atoms with E-state index in [0.717, 1.165) is 23.3 Å². The zero-order valence-electron chi connectivity index (χ0n) is 15.0. The average Bonchev–Trinajstić information content (AvgIpc) is 2.70. The lowest BCUT2D eigenvalue weighted by molar-refractivity contribution is 0.0946. The number of aromatic nitrogens is 1. The molecule has 0 unspecified atom stereocenters. The van der Waals surface area contributed by atoms with E-state index in [0.29, 0.717) is 6.54 Å². The molecule has 2 amide bonds. The highest BCUT2D eigenvalue weighted by Gasteiger charge is 2.13. The molecule has 0 fully saturated rings. The maximum Gasteiger partial charge on any atom is 0.270 e. The number of carbonyl (C=O) groups excluding carboxylic acids is 2. The van der Waals surface area contributed by atoms with Gasteiger partial charge in [0.05, 0.1) is 0 Å². The fourth-order valence-corrected chi connectivity index (χ4v) is 2.55. The number of halogens is 2. The summed E-state index contributed by atoms with van der Waals surface area (Å²) in [5.74, 6) is -3.06. The van der Waals surface area contributed by atoms with E-state index >= 15 is 0 Å². The van der Waals surface area contributed by atoms with Gasteiger partial charge in [0.15, 0.2) is 11.6 Å². The van der Waals surface area contributed by atoms with Crippen LogP contribution in [0.1, 0.15) is 32.0 Å². The van der Waals surface area contributed by atoms with Crippen LogP contribution in [0.4, 0.5) is 14.5 Å². The summed E-state index contributed by atoms with van der Waals surface area (Å²) in [5, 5.41) is 5.21. The molecule has 0 aliphatic heterocycles. The molecule has 1 heterocycles. The van der Waals surface area contributed by atoms with Gasteiger partial charge in [0, 0.05) is 30.1 Å². The molecular weight excluding hydrogens is 364 g/mol. The fourth-order valence-electron chi connectivity index (χ4n) is 2.55. The first kappa shape index (κ1) is 19.2. The van der Waals surface area contributed by atoms with Gasteiger partial charge in [-0.1, -0.05) is 24.3 Å². The molecule has 2 aromatic carbocycles. The van der Waals surface area contributed by atoms with Crippen molar-refractivity contribution in [2.24, 2.45) is 0 Å². The Hall–Kier alpha value is -3.61. The van der Waals surface area contributed by atoms with E-state index in [9.17, 15) is 18.4 Å². The standard InChI is InChI=1S/C21H17F2N3O2/c1-13-4-2-3-5-15(13)12-25-21(28)19-10-14(8-9-24-19)20(27)26-16-6-7-17(22)18(23)11-16/h2-11H,12H2,1H3,(H,25,28)(H,26,27). The monoisotopic (exact) mass is 381 g/mol. The number of rotatable bonds is 5. The van der Waals surface area contributed by atoms with E-state index in [4.69, 9.17) is 0 Å². The molecule has 2 N–H and O–H groups in total. The van der Waals surface area contributed by atoms with Crippen LogP contribution in [-0.2, 0) is 6.54 Å². The molecule has 0 bridgehead atoms. The summed E-state index contributed by atoms with van der Waals surface area (Å²) in [6, 6.07) is 13.5. The zero-order chi connectivity index (χ0) is 20.1. The zero-order valence-corrected chi connectivity index (χ0v) is 15.0. The third kappa shape index (κ3) is 4.56. The Bertz CT molecular complexity index is 1040. The molecule has 5 nitrogen and oxygen atoms in total. The van der Waals surface area contributed by atoms with Crippen molar-refractivity contribution < 1.29 is 18.4 Å². The second-order valence-electron chi connectivity index (χ2n) is 6.12. The summed E-state index contributed by atoms with van der Waals surface area (Å²) in [6.07, 6.45) is 1.34. The van der Waals surface area contributed by atoms with Gasteiger partial charge >= 0.3 is 0 Å². The molecular formula is C21H17F2N3O2. The Kier molecular flexibility index (Phi) is 5.74. The molecule has 0 saturated heterocycles. The van der Waals surface area contributed by atoms with Gasteiger partial charge in [-0.15, -0.1) is 0 Å². The van der Waals surface area contributed by atoms with Gasteiger partial charge in [-0.05, 0) is 42.3 Å². The van der Waals surface area contributed by atoms with Crippen LogP contribution in [0.15, 0.2) is 60.8 Å². The second-order valence-corrected chi connectivity index (χ2v) is 6.12. The first-order valence-corrected chi connectivity index (χ1v) is 8.49. The van der Waals surface area contributed by atoms with Gasteiger partial charge in [-0.3, -0.25) is 14.6 Å². The van der Waals surface area contributed by atoms with E-state index in [1.165, 1.54) is 24.4 Å². The van der Waals surface area contributed by atoms with Gasteiger partial charge in [-0.25, -0.2) is 8.78 Å². The SMILES string of the molecule is Cc1ccccc1CNC(=O)c1cc(C(=O)Nc2ccc(F)c(F)c2)ccn1. The number of nitrogens with zero attached hydrogens (tertiary/aromatic N) is 1. The first-order valence-electron chi connectivity index (χ1n) is 8.49. The highest BCUT2D eigenvalue weighted by atomic mass is 19.2. The second kappa shape index (κ2) is 8.39. The van der Waals surface area contributed by atoms with Gasteiger partial charge in [0.2, 0.25) is 0 Å². The number of carbonyl (C=O) groups is 2. The maximum absolute atomic E-state index is 13.3. The summed E-state index contributed by atoms with van der Waals surface area (Å²) in [6.45, 7) is 2.28. The molecule has 3 rings (SSSR count). The Labute approximate surface area is 160 Å². The molecule has 28 heavy (non-hydrogen) atoms. The van der Waals surface area contributed by atoms with Crippen molar-refractivity contribution in [1.29, 1.82) is 0 Å². The molecule has 0 aliphatic carbocycles. The Balaban J connectivity index is 1.68. The molecule has 1 aromatic heterocycles. The quantitative estimate of drug-likeness (QED) is 0.705. The Morgan fingerprint density at radius 3 is 2.50 bits per heavy atom. The van der Waals surface area contributed by atoms with Crippen LogP contribution < -0.4 is 10.6 Å². The smallest absolute Gasteiger partial charge is 0.270 e. The summed E-state index contributed by atoms with van der Waals surface area (Å²) < 4.78 is 26.2. The van der Waals surface area contributed by atoms with E-state index in [2.05, 4.69) is 15.6 Å². The molecule has 0 spiro atoms. The minimum atomic E-state index is -1.07. The topological polar surface area (TPSA) is 71.1 Å². The molecule has 0 radical (unpaired) electrons. The Morgan fingerprint density at radius 1 is 0.964 bits per heavy atom. The van der Waals surface area contributed by atoms with Gasteiger partial charge < -0.3 is 10.6 Å². The average molecular weight is 381 g/mol. The minimum Gasteiger partial charge on any atom is -0.347 e. The number of anilines is 1. The summed E-state index contributed by atoms with van der Waals surface area (Å²) in [5.41, 5.74) is 2.37. The third-order valence-corrected chi connectivity index (χ3v) is 4.13. The van der Waals surface area contributed by atoms with Crippen LogP contribution in [0.2, 0.25) is 0 Å². The van der Waals surface area contributed by atoms with Gasteiger partial charge in [0.25, 0.3) is 11.8 Å². The van der Waals surface area contributed by atoms with Gasteiger partial charge in [0.1, 0.15) is 5.69 Å². The van der Waals surface area contributed by atoms with Crippen LogP contribution in [-0.4, -0.2) is 16.8 Å². The summed E-state index contributed by atoms with van der Waals surface area (Å²) >= 11 is 0. The fraction of sp³-hybridized carbons (Fsp3) is 0.0952. The number of aryl methyl sites for hydroxylation is 1. The first-order chi connectivity index (χ1) is 13.4. The maximum atomic E-state index is 13.3. The van der Waals surface area contributed by atoms with Crippen molar-refractivity contribution >= 4 is 17.5 Å². The van der Waals surface area contributed by atoms with E-state index < -0.39 is 23.4 Å². The lowest BCUT2D eigenvalue weighted by Gasteiger charge is -2.09. The van der Waals surface area contributed by atoms with Crippen molar-refractivity contribution in [3.8, 4) is 0 Å². The number of benzene rings is 2. The predicted octanol–water partition coefficient (Wildman–Crippen LogP) is 3.85. The number of amides is 2. The van der Waals surface area contributed by atoms with E-state index in [1.54, 1.807) is 0 Å². The van der Waals surface area contributed by atoms with Gasteiger partial charge in [-0.2, -0.15) is 0 Å². The van der Waals surface area contributed by atoms with Crippen molar-refractivity contribution in [2.75, 3.05) is 5.32 Å². The van der Waals surface area contributed by atoms with Crippen LogP contribution in [0.3, 0.4) is 0 Å². The highest BCUT2D eigenvalue weighted by Crippen LogP contribution is 2.15. The number of hydrogen-bond donors (Lipinski definition) is 2. The molecule has 142 valence electrons. The number of pyridine rings is 1. The van der Waals surface area contributed by atoms with E-state index in [1.807, 2.05) is 31.2 Å². The van der Waals surface area contributed by atoms with E-state index in [-0.39, 0.29) is 16.9 Å². The summed E-state index contributed by atoms with van der Waals surface area (Å²) in [7, 11) is 0. The van der Waals surface area contributed by atoms with Crippen molar-refractivity contribution in [3.63, 3.8) is 0 Å². The molecule has 0 atom stereocenters. The molecule has 3 aromatic rings. The minimum absolute atomic E-state index is 0.0755. The van der Waals surface area contributed by atoms with Crippen molar-refractivity contribution in [2.45, 2.75) is 13.5 Å². The number of nitrogens with one attached hydrogen (secondary N) is 2. The molecule has 0 aliphatic rings. The molecule has 7 heteroatoms. The highest BCUT2D eigenvalue weighted by molar-refractivity contribution is 6.05. The van der Waals surface area contributed by atoms with Crippen molar-refractivity contribution in [1.82, 2.24) is 10.3 Å². The Morgan fingerprint density at radius 2 is 1.75 bits per heavy atom.